The highest BCUT2D eigenvalue weighted by atomic mass is 19.1. The van der Waals surface area contributed by atoms with Crippen LogP contribution >= 0.6 is 0 Å². The average Bonchev–Trinajstić information content (AvgIpc) is 2.84. The first-order valence-electron chi connectivity index (χ1n) is 11.8. The lowest BCUT2D eigenvalue weighted by molar-refractivity contribution is -0.0590. The van der Waals surface area contributed by atoms with Crippen LogP contribution in [-0.2, 0) is 11.2 Å². The standard InChI is InChI=1S/C26H30F2N4O2/c27-21-5-1-18(2-6-21)15-19-9-12-32(13-10-19)17-24-25(23(28)11-14-34-24)31-26(33)30-22-7-3-20(16-29)4-8-22/h1-8,19,23-25H,9-15,17H2,(H2,30,31,33)/t23-,24+,25+/m0/s1. The Labute approximate surface area is 198 Å². The lowest BCUT2D eigenvalue weighted by Crippen LogP contribution is -2.58. The van der Waals surface area contributed by atoms with E-state index in [-0.39, 0.29) is 12.2 Å². The number of nitrogens with one attached hydrogen (secondary N) is 2. The molecule has 180 valence electrons. The van der Waals surface area contributed by atoms with Crippen LogP contribution in [-0.4, -0.2) is 55.5 Å². The minimum Gasteiger partial charge on any atom is -0.375 e. The van der Waals surface area contributed by atoms with Crippen LogP contribution in [0.25, 0.3) is 0 Å². The molecule has 2 aromatic carbocycles. The van der Waals surface area contributed by atoms with Crippen molar-refractivity contribution in [3.63, 3.8) is 0 Å². The highest BCUT2D eigenvalue weighted by Crippen LogP contribution is 2.25. The summed E-state index contributed by atoms with van der Waals surface area (Å²) in [4.78, 5) is 14.8. The van der Waals surface area contributed by atoms with Crippen molar-refractivity contribution in [2.24, 2.45) is 5.92 Å². The maximum atomic E-state index is 14.8. The Morgan fingerprint density at radius 3 is 2.47 bits per heavy atom. The summed E-state index contributed by atoms with van der Waals surface area (Å²) in [6.07, 6.45) is 1.60. The van der Waals surface area contributed by atoms with Crippen molar-refractivity contribution < 1.29 is 18.3 Å². The van der Waals surface area contributed by atoms with E-state index in [2.05, 4.69) is 15.5 Å². The smallest absolute Gasteiger partial charge is 0.319 e. The van der Waals surface area contributed by atoms with Gasteiger partial charge in [0.25, 0.3) is 0 Å². The van der Waals surface area contributed by atoms with Gasteiger partial charge >= 0.3 is 6.03 Å². The van der Waals surface area contributed by atoms with Crippen LogP contribution in [0, 0.1) is 23.1 Å². The van der Waals surface area contributed by atoms with Crippen LogP contribution in [0.5, 0.6) is 0 Å². The Kier molecular flexibility index (Phi) is 8.09. The minimum atomic E-state index is -1.18. The zero-order chi connectivity index (χ0) is 23.9. The normalized spacial score (nSPS) is 23.7. The Morgan fingerprint density at radius 1 is 1.09 bits per heavy atom. The number of urea groups is 1. The Hall–Kier alpha value is -3.02. The van der Waals surface area contributed by atoms with E-state index < -0.39 is 24.3 Å². The summed E-state index contributed by atoms with van der Waals surface area (Å²) in [6, 6.07) is 14.0. The van der Waals surface area contributed by atoms with Gasteiger partial charge in [0.2, 0.25) is 0 Å². The van der Waals surface area contributed by atoms with Crippen LogP contribution in [0.2, 0.25) is 0 Å². The van der Waals surface area contributed by atoms with Crippen LogP contribution in [0.3, 0.4) is 0 Å². The molecule has 0 aliphatic carbocycles. The zero-order valence-electron chi connectivity index (χ0n) is 19.1. The van der Waals surface area contributed by atoms with Gasteiger partial charge in [-0.25, -0.2) is 13.6 Å². The van der Waals surface area contributed by atoms with Crippen molar-refractivity contribution in [1.82, 2.24) is 10.2 Å². The number of anilines is 1. The van der Waals surface area contributed by atoms with E-state index in [1.165, 1.54) is 12.1 Å². The van der Waals surface area contributed by atoms with Gasteiger partial charge < -0.3 is 20.3 Å². The van der Waals surface area contributed by atoms with Crippen molar-refractivity contribution in [1.29, 1.82) is 5.26 Å². The van der Waals surface area contributed by atoms with E-state index in [9.17, 15) is 13.6 Å². The van der Waals surface area contributed by atoms with Gasteiger partial charge in [-0.1, -0.05) is 12.1 Å². The first-order chi connectivity index (χ1) is 16.5. The molecule has 0 saturated carbocycles. The molecule has 0 radical (unpaired) electrons. The van der Waals surface area contributed by atoms with Crippen LogP contribution in [0.4, 0.5) is 19.3 Å². The SMILES string of the molecule is N#Cc1ccc(NC(=O)N[C@@H]2[C@@H](F)CCO[C@@H]2CN2CCC(Cc3ccc(F)cc3)CC2)cc1. The minimum absolute atomic E-state index is 0.217. The van der Waals surface area contributed by atoms with Gasteiger partial charge in [0, 0.05) is 25.3 Å². The summed E-state index contributed by atoms with van der Waals surface area (Å²) < 4.78 is 33.8. The molecule has 0 spiro atoms. The second kappa shape index (κ2) is 11.4. The molecule has 8 heteroatoms. The highest BCUT2D eigenvalue weighted by Gasteiger charge is 2.37. The third kappa shape index (κ3) is 6.52. The van der Waals surface area contributed by atoms with Crippen LogP contribution in [0.1, 0.15) is 30.4 Å². The third-order valence-corrected chi connectivity index (χ3v) is 6.67. The van der Waals surface area contributed by atoms with E-state index in [0.29, 0.717) is 30.3 Å². The monoisotopic (exact) mass is 468 g/mol. The number of amides is 2. The fraction of sp³-hybridized carbons (Fsp3) is 0.462. The summed E-state index contributed by atoms with van der Waals surface area (Å²) in [5.74, 6) is 0.320. The molecular formula is C26H30F2N4O2. The van der Waals surface area contributed by atoms with E-state index in [4.69, 9.17) is 10.00 Å². The first kappa shape index (κ1) is 24.1. The Balaban J connectivity index is 1.27. The molecule has 2 N–H and O–H groups in total. The maximum absolute atomic E-state index is 14.8. The van der Waals surface area contributed by atoms with Crippen molar-refractivity contribution in [3.05, 3.63) is 65.5 Å². The number of halogens is 2. The van der Waals surface area contributed by atoms with E-state index in [0.717, 1.165) is 37.9 Å². The summed E-state index contributed by atoms with van der Waals surface area (Å²) in [6.45, 7) is 2.66. The topological polar surface area (TPSA) is 77.4 Å². The lowest BCUT2D eigenvalue weighted by atomic mass is 9.89. The molecule has 34 heavy (non-hydrogen) atoms. The van der Waals surface area contributed by atoms with Crippen molar-refractivity contribution in [3.8, 4) is 6.07 Å². The molecule has 6 nitrogen and oxygen atoms in total. The molecule has 4 rings (SSSR count). The number of hydrogen-bond acceptors (Lipinski definition) is 4. The highest BCUT2D eigenvalue weighted by molar-refractivity contribution is 5.89. The van der Waals surface area contributed by atoms with Crippen molar-refractivity contribution >= 4 is 11.7 Å². The molecule has 2 fully saturated rings. The number of nitrogens with zero attached hydrogens (tertiary/aromatic N) is 2. The average molecular weight is 469 g/mol. The van der Waals surface area contributed by atoms with Gasteiger partial charge in [-0.2, -0.15) is 5.26 Å². The number of piperidine rings is 1. The fourth-order valence-corrected chi connectivity index (χ4v) is 4.73. The molecular weight excluding hydrogens is 438 g/mol. The molecule has 2 aliphatic rings. The lowest BCUT2D eigenvalue weighted by Gasteiger charge is -2.39. The molecule has 0 unspecified atom stereocenters. The zero-order valence-corrected chi connectivity index (χ0v) is 19.1. The molecule has 3 atom stereocenters. The number of hydrogen-bond donors (Lipinski definition) is 2. The van der Waals surface area contributed by atoms with E-state index in [1.54, 1.807) is 24.3 Å². The van der Waals surface area contributed by atoms with Crippen LogP contribution in [0.15, 0.2) is 48.5 Å². The summed E-state index contributed by atoms with van der Waals surface area (Å²) in [5.41, 5.74) is 2.17. The predicted molar refractivity (Wildman–Crippen MR) is 126 cm³/mol. The molecule has 0 bridgehead atoms. The Bertz CT molecular complexity index is 985. The number of alkyl halides is 1. The number of carbonyl (C=O) groups is 1. The number of ether oxygens (including phenoxy) is 1. The number of nitriles is 1. The summed E-state index contributed by atoms with van der Waals surface area (Å²) in [5, 5.41) is 14.3. The fourth-order valence-electron chi connectivity index (χ4n) is 4.73. The quantitative estimate of drug-likeness (QED) is 0.664. The molecule has 2 heterocycles. The number of benzene rings is 2. The van der Waals surface area contributed by atoms with Crippen molar-refractivity contribution in [2.75, 3.05) is 31.6 Å². The number of likely N-dealkylation sites (tertiary alicyclic amines) is 1. The second-order valence-electron chi connectivity index (χ2n) is 9.10. The Morgan fingerprint density at radius 2 is 1.79 bits per heavy atom. The first-order valence-corrected chi connectivity index (χ1v) is 11.8. The van der Waals surface area contributed by atoms with Crippen molar-refractivity contribution in [2.45, 2.75) is 44.0 Å². The van der Waals surface area contributed by atoms with Gasteiger partial charge in [-0.05, 0) is 80.2 Å². The third-order valence-electron chi connectivity index (χ3n) is 6.67. The largest absolute Gasteiger partial charge is 0.375 e. The second-order valence-corrected chi connectivity index (χ2v) is 9.10. The predicted octanol–water partition coefficient (Wildman–Crippen LogP) is 4.27. The van der Waals surface area contributed by atoms with Gasteiger partial charge in [0.15, 0.2) is 0 Å². The van der Waals surface area contributed by atoms with Gasteiger partial charge in [-0.3, -0.25) is 0 Å². The molecule has 2 saturated heterocycles. The maximum Gasteiger partial charge on any atom is 0.319 e. The summed E-state index contributed by atoms with van der Waals surface area (Å²) in [7, 11) is 0. The van der Waals surface area contributed by atoms with Crippen LogP contribution < -0.4 is 10.6 Å². The van der Waals surface area contributed by atoms with E-state index in [1.807, 2.05) is 18.2 Å². The molecule has 0 aromatic heterocycles. The van der Waals surface area contributed by atoms with Gasteiger partial charge in [0.1, 0.15) is 12.0 Å². The van der Waals surface area contributed by atoms with Gasteiger partial charge in [0.05, 0.1) is 23.8 Å². The summed E-state index contributed by atoms with van der Waals surface area (Å²) >= 11 is 0. The molecule has 2 amide bonds. The number of carbonyl (C=O) groups excluding carboxylic acids is 1. The molecule has 2 aromatic rings. The van der Waals surface area contributed by atoms with E-state index >= 15 is 0 Å². The van der Waals surface area contributed by atoms with Gasteiger partial charge in [-0.15, -0.1) is 0 Å². The molecule has 2 aliphatic heterocycles. The number of rotatable bonds is 6.